The van der Waals surface area contributed by atoms with Crippen molar-refractivity contribution in [3.05, 3.63) is 47.6 Å². The molecule has 4 heterocycles. The molecule has 1 aliphatic rings. The fourth-order valence-corrected chi connectivity index (χ4v) is 4.30. The molecule has 1 N–H and O–H groups in total. The first kappa shape index (κ1) is 18.0. The zero-order valence-corrected chi connectivity index (χ0v) is 17.2. The molecule has 0 atom stereocenters. The quantitative estimate of drug-likeness (QED) is 0.558. The molecule has 0 unspecified atom stereocenters. The predicted octanol–water partition coefficient (Wildman–Crippen LogP) is 3.05. The molecule has 0 amide bonds. The van der Waals surface area contributed by atoms with E-state index in [0.717, 1.165) is 54.0 Å². The van der Waals surface area contributed by atoms with E-state index in [1.165, 1.54) is 0 Å². The van der Waals surface area contributed by atoms with Crippen molar-refractivity contribution in [2.24, 2.45) is 0 Å². The highest BCUT2D eigenvalue weighted by Gasteiger charge is 2.17. The van der Waals surface area contributed by atoms with Gasteiger partial charge in [-0.1, -0.05) is 30.3 Å². The fraction of sp³-hybridized carbons (Fsp3) is 0.300. The molecule has 1 aliphatic heterocycles. The van der Waals surface area contributed by atoms with Gasteiger partial charge in [-0.25, -0.2) is 14.5 Å². The summed E-state index contributed by atoms with van der Waals surface area (Å²) < 4.78 is 1.87. The third-order valence-corrected chi connectivity index (χ3v) is 5.86. The number of nitrogens with one attached hydrogen (secondary N) is 1. The minimum Gasteiger partial charge on any atom is -0.354 e. The van der Waals surface area contributed by atoms with Gasteiger partial charge in [-0.05, 0) is 14.0 Å². The van der Waals surface area contributed by atoms with Gasteiger partial charge < -0.3 is 15.1 Å². The number of likely N-dealkylation sites (N-methyl/N-ethyl adjacent to an activating group) is 1. The van der Waals surface area contributed by atoms with Crippen LogP contribution in [-0.4, -0.2) is 62.7 Å². The van der Waals surface area contributed by atoms with E-state index >= 15 is 0 Å². The van der Waals surface area contributed by atoms with E-state index in [9.17, 15) is 0 Å². The summed E-state index contributed by atoms with van der Waals surface area (Å²) in [6, 6.07) is 12.2. The maximum absolute atomic E-state index is 4.65. The third-order valence-electron chi connectivity index (χ3n) is 5.04. The van der Waals surface area contributed by atoms with Gasteiger partial charge in [-0.2, -0.15) is 4.98 Å². The van der Waals surface area contributed by atoms with Crippen LogP contribution in [0.5, 0.6) is 0 Å². The number of hydrogen-bond donors (Lipinski definition) is 1. The molecule has 0 aliphatic carbocycles. The standard InChI is InChI=1S/C20H22N8S/c1-14-21-17(12-18(22-14)27-10-8-26(2)9-11-27)23-19-24-20-28(25-19)16(13-29-20)15-6-4-3-5-7-15/h3-7,12-13H,8-11H2,1-2H3,(H,21,22,23,25). The van der Waals surface area contributed by atoms with Crippen LogP contribution < -0.4 is 10.2 Å². The van der Waals surface area contributed by atoms with Crippen LogP contribution in [0.4, 0.5) is 17.6 Å². The number of nitrogens with zero attached hydrogens (tertiary/aromatic N) is 7. The molecular weight excluding hydrogens is 384 g/mol. The summed E-state index contributed by atoms with van der Waals surface area (Å²) in [6.07, 6.45) is 0. The molecule has 0 spiro atoms. The van der Waals surface area contributed by atoms with Crippen molar-refractivity contribution in [2.75, 3.05) is 43.4 Å². The van der Waals surface area contributed by atoms with E-state index in [0.29, 0.717) is 11.8 Å². The summed E-state index contributed by atoms with van der Waals surface area (Å²) >= 11 is 1.57. The number of piperazine rings is 1. The van der Waals surface area contributed by atoms with Crippen molar-refractivity contribution in [1.29, 1.82) is 0 Å². The zero-order valence-electron chi connectivity index (χ0n) is 16.4. The van der Waals surface area contributed by atoms with Crippen LogP contribution in [0.1, 0.15) is 5.82 Å². The van der Waals surface area contributed by atoms with Crippen LogP contribution in [0.25, 0.3) is 16.2 Å². The van der Waals surface area contributed by atoms with E-state index < -0.39 is 0 Å². The number of aromatic nitrogens is 5. The van der Waals surface area contributed by atoms with E-state index in [1.807, 2.05) is 35.7 Å². The maximum Gasteiger partial charge on any atom is 0.249 e. The molecule has 8 nitrogen and oxygen atoms in total. The highest BCUT2D eigenvalue weighted by atomic mass is 32.1. The molecule has 3 aromatic heterocycles. The maximum atomic E-state index is 4.65. The average molecular weight is 407 g/mol. The van der Waals surface area contributed by atoms with Crippen molar-refractivity contribution in [2.45, 2.75) is 6.92 Å². The molecule has 0 radical (unpaired) electrons. The minimum atomic E-state index is 0.538. The van der Waals surface area contributed by atoms with Crippen LogP contribution in [0.2, 0.25) is 0 Å². The van der Waals surface area contributed by atoms with Crippen LogP contribution in [0.15, 0.2) is 41.8 Å². The number of rotatable bonds is 4. The lowest BCUT2D eigenvalue weighted by atomic mass is 10.2. The Hall–Kier alpha value is -3.04. The molecule has 9 heteroatoms. The van der Waals surface area contributed by atoms with Crippen LogP contribution in [0.3, 0.4) is 0 Å². The topological polar surface area (TPSA) is 74.5 Å². The lowest BCUT2D eigenvalue weighted by Crippen LogP contribution is -2.44. The largest absolute Gasteiger partial charge is 0.354 e. The van der Waals surface area contributed by atoms with Crippen molar-refractivity contribution >= 4 is 33.9 Å². The third kappa shape index (κ3) is 3.66. The first-order chi connectivity index (χ1) is 14.2. The van der Waals surface area contributed by atoms with Gasteiger partial charge in [-0.15, -0.1) is 16.4 Å². The predicted molar refractivity (Wildman–Crippen MR) is 116 cm³/mol. The number of hydrogen-bond acceptors (Lipinski definition) is 8. The van der Waals surface area contributed by atoms with Gasteiger partial charge in [0.05, 0.1) is 5.69 Å². The Morgan fingerprint density at radius 3 is 2.59 bits per heavy atom. The van der Waals surface area contributed by atoms with Crippen LogP contribution >= 0.6 is 11.3 Å². The van der Waals surface area contributed by atoms with Gasteiger partial charge in [-0.3, -0.25) is 0 Å². The molecule has 1 fully saturated rings. The van der Waals surface area contributed by atoms with E-state index in [-0.39, 0.29) is 0 Å². The highest BCUT2D eigenvalue weighted by Crippen LogP contribution is 2.26. The van der Waals surface area contributed by atoms with E-state index in [4.69, 9.17) is 0 Å². The molecule has 0 saturated carbocycles. The second-order valence-electron chi connectivity index (χ2n) is 7.19. The summed E-state index contributed by atoms with van der Waals surface area (Å²) in [5, 5.41) is 9.99. The number of thiazole rings is 1. The number of anilines is 3. The normalized spacial score (nSPS) is 15.2. The lowest BCUT2D eigenvalue weighted by molar-refractivity contribution is 0.312. The van der Waals surface area contributed by atoms with Crippen LogP contribution in [0, 0.1) is 6.92 Å². The van der Waals surface area contributed by atoms with Gasteiger partial charge in [0.25, 0.3) is 0 Å². The average Bonchev–Trinajstić information content (AvgIpc) is 3.29. The Kier molecular flexibility index (Phi) is 4.61. The van der Waals surface area contributed by atoms with Crippen molar-refractivity contribution < 1.29 is 0 Å². The second kappa shape index (κ2) is 7.41. The van der Waals surface area contributed by atoms with Crippen molar-refractivity contribution in [3.63, 3.8) is 0 Å². The molecule has 29 heavy (non-hydrogen) atoms. The lowest BCUT2D eigenvalue weighted by Gasteiger charge is -2.33. The Balaban J connectivity index is 1.42. The molecule has 5 rings (SSSR count). The molecule has 1 saturated heterocycles. The summed E-state index contributed by atoms with van der Waals surface area (Å²) in [5.41, 5.74) is 2.15. The highest BCUT2D eigenvalue weighted by molar-refractivity contribution is 7.15. The Morgan fingerprint density at radius 1 is 1.00 bits per heavy atom. The summed E-state index contributed by atoms with van der Waals surface area (Å²) in [6.45, 7) is 5.91. The van der Waals surface area contributed by atoms with Gasteiger partial charge >= 0.3 is 0 Å². The van der Waals surface area contributed by atoms with Gasteiger partial charge in [0.15, 0.2) is 0 Å². The molecule has 1 aromatic carbocycles. The van der Waals surface area contributed by atoms with Gasteiger partial charge in [0, 0.05) is 43.2 Å². The van der Waals surface area contributed by atoms with Crippen molar-refractivity contribution in [1.82, 2.24) is 29.5 Å². The molecule has 0 bridgehead atoms. The van der Waals surface area contributed by atoms with Gasteiger partial charge in [0.1, 0.15) is 17.5 Å². The van der Waals surface area contributed by atoms with Crippen LogP contribution in [-0.2, 0) is 0 Å². The summed E-state index contributed by atoms with van der Waals surface area (Å²) in [7, 11) is 2.15. The monoisotopic (exact) mass is 406 g/mol. The summed E-state index contributed by atoms with van der Waals surface area (Å²) in [4.78, 5) is 19.2. The zero-order chi connectivity index (χ0) is 19.8. The Bertz CT molecular complexity index is 1130. The Morgan fingerprint density at radius 2 is 1.79 bits per heavy atom. The summed E-state index contributed by atoms with van der Waals surface area (Å²) in [5.74, 6) is 2.93. The SMILES string of the molecule is Cc1nc(Nc2nc3scc(-c4ccccc4)n3n2)cc(N2CCN(C)CC2)n1. The first-order valence-electron chi connectivity index (χ1n) is 9.61. The fourth-order valence-electron chi connectivity index (χ4n) is 3.47. The smallest absolute Gasteiger partial charge is 0.249 e. The number of aryl methyl sites for hydroxylation is 1. The second-order valence-corrected chi connectivity index (χ2v) is 8.03. The molecular formula is C20H22N8S. The first-order valence-corrected chi connectivity index (χ1v) is 10.5. The molecule has 148 valence electrons. The number of fused-ring (bicyclic) bond motifs is 1. The van der Waals surface area contributed by atoms with E-state index in [2.05, 4.69) is 59.7 Å². The van der Waals surface area contributed by atoms with Gasteiger partial charge in [0.2, 0.25) is 10.9 Å². The van der Waals surface area contributed by atoms with Crippen molar-refractivity contribution in [3.8, 4) is 11.3 Å². The number of benzene rings is 1. The molecule has 4 aromatic rings. The Labute approximate surface area is 172 Å². The van der Waals surface area contributed by atoms with E-state index in [1.54, 1.807) is 11.3 Å². The minimum absolute atomic E-state index is 0.538.